The molecule has 1 atom stereocenters. The third kappa shape index (κ3) is 6.24. The lowest BCUT2D eigenvalue weighted by Gasteiger charge is -2.27. The number of benzene rings is 1. The molecule has 22 heavy (non-hydrogen) atoms. The molecular formula is C16H26IN3OS. The summed E-state index contributed by atoms with van der Waals surface area (Å²) in [4.78, 5) is 6.76. The zero-order valence-electron chi connectivity index (χ0n) is 13.3. The number of nitrogens with two attached hydrogens (primary N) is 1. The molecule has 0 amide bonds. The summed E-state index contributed by atoms with van der Waals surface area (Å²) in [6.07, 6.45) is 1.01. The zero-order chi connectivity index (χ0) is 15.1. The zero-order valence-corrected chi connectivity index (χ0v) is 16.5. The van der Waals surface area contributed by atoms with E-state index in [2.05, 4.69) is 28.9 Å². The minimum atomic E-state index is 0. The third-order valence-corrected chi connectivity index (χ3v) is 4.59. The first-order valence-electron chi connectivity index (χ1n) is 7.44. The van der Waals surface area contributed by atoms with E-state index in [1.807, 2.05) is 23.9 Å². The molecule has 0 bridgehead atoms. The Morgan fingerprint density at radius 1 is 1.32 bits per heavy atom. The van der Waals surface area contributed by atoms with Crippen molar-refractivity contribution in [3.05, 3.63) is 29.8 Å². The van der Waals surface area contributed by atoms with Gasteiger partial charge < -0.3 is 15.4 Å². The fraction of sp³-hybridized carbons (Fsp3) is 0.562. The summed E-state index contributed by atoms with van der Waals surface area (Å²) < 4.78 is 5.17. The predicted octanol–water partition coefficient (Wildman–Crippen LogP) is 2.86. The normalized spacial score (nSPS) is 16.8. The van der Waals surface area contributed by atoms with Crippen molar-refractivity contribution in [1.82, 2.24) is 4.90 Å². The molecule has 0 aliphatic carbocycles. The molecule has 1 saturated heterocycles. The van der Waals surface area contributed by atoms with Crippen LogP contribution in [0.15, 0.2) is 29.3 Å². The van der Waals surface area contributed by atoms with Crippen molar-refractivity contribution >= 4 is 41.7 Å². The van der Waals surface area contributed by atoms with Gasteiger partial charge in [0.25, 0.3) is 0 Å². The lowest BCUT2D eigenvalue weighted by Crippen LogP contribution is -2.42. The lowest BCUT2D eigenvalue weighted by molar-refractivity contribution is 0.414. The van der Waals surface area contributed by atoms with Crippen LogP contribution >= 0.6 is 35.7 Å². The smallest absolute Gasteiger partial charge is 0.191 e. The van der Waals surface area contributed by atoms with E-state index in [0.717, 1.165) is 43.3 Å². The Bertz CT molecular complexity index is 461. The maximum atomic E-state index is 6.08. The van der Waals surface area contributed by atoms with Crippen LogP contribution in [0.2, 0.25) is 0 Å². The van der Waals surface area contributed by atoms with Gasteiger partial charge in [-0.15, -0.1) is 24.0 Å². The second kappa shape index (κ2) is 10.2. The van der Waals surface area contributed by atoms with E-state index in [1.54, 1.807) is 7.11 Å². The molecule has 1 unspecified atom stereocenters. The highest BCUT2D eigenvalue weighted by molar-refractivity contribution is 14.0. The summed E-state index contributed by atoms with van der Waals surface area (Å²) in [7, 11) is 1.69. The molecule has 1 fully saturated rings. The number of rotatable bonds is 5. The Morgan fingerprint density at radius 3 is 2.55 bits per heavy atom. The van der Waals surface area contributed by atoms with Crippen molar-refractivity contribution in [1.29, 1.82) is 0 Å². The first-order chi connectivity index (χ1) is 10.2. The van der Waals surface area contributed by atoms with Crippen molar-refractivity contribution in [2.45, 2.75) is 13.3 Å². The third-order valence-electron chi connectivity index (χ3n) is 3.64. The van der Waals surface area contributed by atoms with Crippen LogP contribution in [-0.2, 0) is 6.42 Å². The van der Waals surface area contributed by atoms with Gasteiger partial charge in [-0.25, -0.2) is 0 Å². The van der Waals surface area contributed by atoms with Crippen LogP contribution in [0, 0.1) is 5.92 Å². The van der Waals surface area contributed by atoms with Gasteiger partial charge in [-0.2, -0.15) is 11.8 Å². The number of ether oxygens (including phenoxy) is 1. The van der Waals surface area contributed by atoms with Crippen LogP contribution in [0.5, 0.6) is 5.75 Å². The molecule has 0 spiro atoms. The van der Waals surface area contributed by atoms with Crippen LogP contribution in [0.1, 0.15) is 12.5 Å². The van der Waals surface area contributed by atoms with Gasteiger partial charge in [0.05, 0.1) is 7.11 Å². The van der Waals surface area contributed by atoms with Gasteiger partial charge in [0, 0.05) is 31.1 Å². The van der Waals surface area contributed by atoms with Crippen molar-refractivity contribution in [3.8, 4) is 5.75 Å². The van der Waals surface area contributed by atoms with E-state index in [4.69, 9.17) is 10.5 Å². The topological polar surface area (TPSA) is 50.9 Å². The molecule has 124 valence electrons. The molecule has 0 aromatic heterocycles. The van der Waals surface area contributed by atoms with Gasteiger partial charge in [0.2, 0.25) is 0 Å². The molecular weight excluding hydrogens is 409 g/mol. The molecule has 2 N–H and O–H groups in total. The van der Waals surface area contributed by atoms with Crippen LogP contribution in [0.3, 0.4) is 0 Å². The Hall–Kier alpha value is -0.630. The van der Waals surface area contributed by atoms with E-state index >= 15 is 0 Å². The van der Waals surface area contributed by atoms with Gasteiger partial charge in [0.1, 0.15) is 5.75 Å². The second-order valence-electron chi connectivity index (χ2n) is 5.46. The summed E-state index contributed by atoms with van der Waals surface area (Å²) in [6.45, 7) is 5.04. The molecule has 4 nitrogen and oxygen atoms in total. The van der Waals surface area contributed by atoms with Gasteiger partial charge in [0.15, 0.2) is 5.96 Å². The minimum absolute atomic E-state index is 0. The highest BCUT2D eigenvalue weighted by atomic mass is 127. The fourth-order valence-corrected chi connectivity index (χ4v) is 3.27. The quantitative estimate of drug-likeness (QED) is 0.439. The number of guanidine groups is 1. The summed E-state index contributed by atoms with van der Waals surface area (Å²) in [5, 5.41) is 0. The van der Waals surface area contributed by atoms with Crippen molar-refractivity contribution < 1.29 is 4.74 Å². The highest BCUT2D eigenvalue weighted by Gasteiger charge is 2.12. The summed E-state index contributed by atoms with van der Waals surface area (Å²) in [5.41, 5.74) is 7.39. The molecule has 1 heterocycles. The summed E-state index contributed by atoms with van der Waals surface area (Å²) >= 11 is 1.98. The Labute approximate surface area is 154 Å². The van der Waals surface area contributed by atoms with Gasteiger partial charge in [-0.1, -0.05) is 19.1 Å². The first kappa shape index (κ1) is 19.4. The predicted molar refractivity (Wildman–Crippen MR) is 107 cm³/mol. The maximum absolute atomic E-state index is 6.08. The number of hydrogen-bond acceptors (Lipinski definition) is 3. The Balaban J connectivity index is 0.00000242. The Kier molecular flexibility index (Phi) is 9.00. The summed E-state index contributed by atoms with van der Waals surface area (Å²) in [5.74, 6) is 4.39. The summed E-state index contributed by atoms with van der Waals surface area (Å²) in [6, 6.07) is 8.24. The molecule has 1 aliphatic rings. The highest BCUT2D eigenvalue weighted by Crippen LogP contribution is 2.15. The number of nitrogens with zero attached hydrogens (tertiary/aromatic N) is 2. The van der Waals surface area contributed by atoms with Crippen LogP contribution in [0.25, 0.3) is 0 Å². The molecule has 0 saturated carbocycles. The monoisotopic (exact) mass is 435 g/mol. The van der Waals surface area contributed by atoms with Crippen molar-refractivity contribution in [3.63, 3.8) is 0 Å². The molecule has 1 aliphatic heterocycles. The number of aliphatic imine (C=N–C) groups is 1. The molecule has 1 aromatic carbocycles. The average Bonchev–Trinajstić information content (AvgIpc) is 2.54. The van der Waals surface area contributed by atoms with Crippen molar-refractivity contribution in [2.24, 2.45) is 16.6 Å². The molecule has 2 rings (SSSR count). The SMILES string of the molecule is COc1ccc(CC(C)CN=C(N)N2CCSCC2)cc1.I. The number of halogens is 1. The first-order valence-corrected chi connectivity index (χ1v) is 8.60. The minimum Gasteiger partial charge on any atom is -0.497 e. The fourth-order valence-electron chi connectivity index (χ4n) is 2.37. The van der Waals surface area contributed by atoms with Gasteiger partial charge in [-0.05, 0) is 30.0 Å². The standard InChI is InChI=1S/C16H25N3OS.HI/c1-13(11-14-3-5-15(20-2)6-4-14)12-18-16(17)19-7-9-21-10-8-19;/h3-6,13H,7-12H2,1-2H3,(H2,17,18);1H. The van der Waals surface area contributed by atoms with Crippen molar-refractivity contribution in [2.75, 3.05) is 38.2 Å². The van der Waals surface area contributed by atoms with Crippen LogP contribution < -0.4 is 10.5 Å². The van der Waals surface area contributed by atoms with Crippen LogP contribution in [0.4, 0.5) is 0 Å². The van der Waals surface area contributed by atoms with E-state index in [0.29, 0.717) is 11.9 Å². The Morgan fingerprint density at radius 2 is 1.95 bits per heavy atom. The molecule has 0 radical (unpaired) electrons. The molecule has 1 aromatic rings. The number of thioether (sulfide) groups is 1. The van der Waals surface area contributed by atoms with E-state index in [1.165, 1.54) is 5.56 Å². The number of hydrogen-bond donors (Lipinski definition) is 1. The van der Waals surface area contributed by atoms with Gasteiger partial charge in [-0.3, -0.25) is 4.99 Å². The maximum Gasteiger partial charge on any atom is 0.191 e. The van der Waals surface area contributed by atoms with E-state index < -0.39 is 0 Å². The molecule has 6 heteroatoms. The number of methoxy groups -OCH3 is 1. The second-order valence-corrected chi connectivity index (χ2v) is 6.68. The largest absolute Gasteiger partial charge is 0.497 e. The van der Waals surface area contributed by atoms with E-state index in [9.17, 15) is 0 Å². The lowest BCUT2D eigenvalue weighted by atomic mass is 10.0. The van der Waals surface area contributed by atoms with E-state index in [-0.39, 0.29) is 24.0 Å². The average molecular weight is 435 g/mol. The van der Waals surface area contributed by atoms with Gasteiger partial charge >= 0.3 is 0 Å². The van der Waals surface area contributed by atoms with Crippen LogP contribution in [-0.4, -0.2) is 49.1 Å².